The van der Waals surface area contributed by atoms with Gasteiger partial charge in [0.1, 0.15) is 0 Å². The number of hydrogen-bond donors (Lipinski definition) is 2. The molecule has 0 saturated carbocycles. The summed E-state index contributed by atoms with van der Waals surface area (Å²) in [6.07, 6.45) is 1.76. The van der Waals surface area contributed by atoms with E-state index in [-0.39, 0.29) is 12.6 Å². The van der Waals surface area contributed by atoms with Crippen molar-refractivity contribution in [3.8, 4) is 5.88 Å². The van der Waals surface area contributed by atoms with Crippen LogP contribution >= 0.6 is 0 Å². The van der Waals surface area contributed by atoms with E-state index in [2.05, 4.69) is 15.3 Å². The summed E-state index contributed by atoms with van der Waals surface area (Å²) in [4.78, 5) is 8.52. The predicted octanol–water partition coefficient (Wildman–Crippen LogP) is 1.76. The fraction of sp³-hybridized carbons (Fsp3) is 0.667. The van der Waals surface area contributed by atoms with E-state index in [9.17, 15) is 0 Å². The first-order chi connectivity index (χ1) is 8.19. The van der Waals surface area contributed by atoms with Gasteiger partial charge in [-0.25, -0.2) is 4.98 Å². The first-order valence-corrected chi connectivity index (χ1v) is 6.05. The van der Waals surface area contributed by atoms with Crippen LogP contribution in [0.3, 0.4) is 0 Å². The Morgan fingerprint density at radius 1 is 1.41 bits per heavy atom. The van der Waals surface area contributed by atoms with E-state index >= 15 is 0 Å². The summed E-state index contributed by atoms with van der Waals surface area (Å²) in [6.45, 7) is 6.65. The molecule has 1 heterocycles. The smallest absolute Gasteiger partial charge is 0.226 e. The Labute approximate surface area is 102 Å². The summed E-state index contributed by atoms with van der Waals surface area (Å²) in [5.41, 5.74) is 0.849. The fourth-order valence-corrected chi connectivity index (χ4v) is 1.34. The molecule has 0 aliphatic carbocycles. The highest BCUT2D eigenvalue weighted by Crippen LogP contribution is 2.13. The van der Waals surface area contributed by atoms with Gasteiger partial charge >= 0.3 is 0 Å². The highest BCUT2D eigenvalue weighted by atomic mass is 16.5. The second-order valence-electron chi connectivity index (χ2n) is 3.95. The average Bonchev–Trinajstić information content (AvgIpc) is 2.32. The summed E-state index contributed by atoms with van der Waals surface area (Å²) in [5.74, 6) is 1.09. The lowest BCUT2D eigenvalue weighted by Gasteiger charge is -2.15. The third-order valence-corrected chi connectivity index (χ3v) is 2.33. The molecule has 2 N–H and O–H groups in total. The molecular formula is C12H21N3O2. The van der Waals surface area contributed by atoms with Crippen LogP contribution in [0.2, 0.25) is 0 Å². The first-order valence-electron chi connectivity index (χ1n) is 6.05. The summed E-state index contributed by atoms with van der Waals surface area (Å²) in [6, 6.07) is 1.79. The van der Waals surface area contributed by atoms with Crippen molar-refractivity contribution in [1.29, 1.82) is 0 Å². The molecule has 5 nitrogen and oxygen atoms in total. The van der Waals surface area contributed by atoms with Crippen LogP contribution in [-0.4, -0.2) is 34.3 Å². The van der Waals surface area contributed by atoms with Gasteiger partial charge in [0.15, 0.2) is 0 Å². The van der Waals surface area contributed by atoms with Gasteiger partial charge in [-0.1, -0.05) is 13.8 Å². The fourth-order valence-electron chi connectivity index (χ4n) is 1.34. The summed E-state index contributed by atoms with van der Waals surface area (Å²) >= 11 is 0. The van der Waals surface area contributed by atoms with Gasteiger partial charge in [-0.2, -0.15) is 4.98 Å². The maximum Gasteiger partial charge on any atom is 0.226 e. The zero-order valence-electron chi connectivity index (χ0n) is 10.7. The van der Waals surface area contributed by atoms with Crippen molar-refractivity contribution in [2.75, 3.05) is 18.5 Å². The topological polar surface area (TPSA) is 67.3 Å². The second kappa shape index (κ2) is 7.06. The molecule has 0 amide bonds. The van der Waals surface area contributed by atoms with E-state index in [1.807, 2.05) is 20.8 Å². The lowest BCUT2D eigenvalue weighted by molar-refractivity contribution is 0.271. The number of nitrogens with zero attached hydrogens (tertiary/aromatic N) is 2. The van der Waals surface area contributed by atoms with Crippen molar-refractivity contribution in [2.24, 2.45) is 0 Å². The van der Waals surface area contributed by atoms with E-state index in [0.29, 0.717) is 18.4 Å². The van der Waals surface area contributed by atoms with Crippen LogP contribution in [0, 0.1) is 6.92 Å². The SMILES string of the molecule is CCCOc1cc(C)nc(NC(CC)CO)n1. The molecule has 1 rings (SSSR count). The van der Waals surface area contributed by atoms with Gasteiger partial charge < -0.3 is 15.2 Å². The van der Waals surface area contributed by atoms with Crippen LogP contribution < -0.4 is 10.1 Å². The van der Waals surface area contributed by atoms with Gasteiger partial charge in [0.05, 0.1) is 19.3 Å². The van der Waals surface area contributed by atoms with Gasteiger partial charge in [0, 0.05) is 11.8 Å². The Morgan fingerprint density at radius 2 is 2.18 bits per heavy atom. The zero-order valence-corrected chi connectivity index (χ0v) is 10.7. The molecule has 1 atom stereocenters. The van der Waals surface area contributed by atoms with Crippen LogP contribution in [0.4, 0.5) is 5.95 Å². The van der Waals surface area contributed by atoms with Crippen LogP contribution in [0.25, 0.3) is 0 Å². The number of hydrogen-bond acceptors (Lipinski definition) is 5. The van der Waals surface area contributed by atoms with Crippen molar-refractivity contribution in [2.45, 2.75) is 39.7 Å². The molecule has 0 spiro atoms. The monoisotopic (exact) mass is 239 g/mol. The Balaban J connectivity index is 2.74. The Bertz CT molecular complexity index is 341. The number of anilines is 1. The minimum absolute atomic E-state index is 0.0178. The number of ether oxygens (including phenoxy) is 1. The molecule has 0 bridgehead atoms. The van der Waals surface area contributed by atoms with Crippen molar-refractivity contribution < 1.29 is 9.84 Å². The molecule has 0 radical (unpaired) electrons. The predicted molar refractivity (Wildman–Crippen MR) is 67.3 cm³/mol. The van der Waals surface area contributed by atoms with E-state index in [1.54, 1.807) is 6.07 Å². The van der Waals surface area contributed by atoms with Crippen LogP contribution in [0.5, 0.6) is 5.88 Å². The average molecular weight is 239 g/mol. The lowest BCUT2D eigenvalue weighted by atomic mass is 10.2. The zero-order chi connectivity index (χ0) is 12.7. The van der Waals surface area contributed by atoms with Gasteiger partial charge in [-0.05, 0) is 19.8 Å². The molecule has 17 heavy (non-hydrogen) atoms. The van der Waals surface area contributed by atoms with E-state index < -0.39 is 0 Å². The van der Waals surface area contributed by atoms with Crippen molar-refractivity contribution in [3.05, 3.63) is 11.8 Å². The molecule has 0 aliphatic heterocycles. The highest BCUT2D eigenvalue weighted by Gasteiger charge is 2.08. The van der Waals surface area contributed by atoms with Crippen molar-refractivity contribution in [3.63, 3.8) is 0 Å². The molecular weight excluding hydrogens is 218 g/mol. The van der Waals surface area contributed by atoms with Crippen molar-refractivity contribution >= 4 is 5.95 Å². The third kappa shape index (κ3) is 4.56. The van der Waals surface area contributed by atoms with E-state index in [1.165, 1.54) is 0 Å². The molecule has 1 aromatic rings. The highest BCUT2D eigenvalue weighted by molar-refractivity contribution is 5.31. The number of nitrogens with one attached hydrogen (secondary N) is 1. The molecule has 1 aromatic heterocycles. The van der Waals surface area contributed by atoms with E-state index in [4.69, 9.17) is 9.84 Å². The summed E-state index contributed by atoms with van der Waals surface area (Å²) in [7, 11) is 0. The molecule has 96 valence electrons. The molecule has 0 aromatic carbocycles. The van der Waals surface area contributed by atoms with Gasteiger partial charge in [-0.15, -0.1) is 0 Å². The molecule has 0 saturated heterocycles. The maximum absolute atomic E-state index is 9.12. The largest absolute Gasteiger partial charge is 0.478 e. The molecule has 0 fully saturated rings. The number of aromatic nitrogens is 2. The number of rotatable bonds is 7. The Morgan fingerprint density at radius 3 is 2.76 bits per heavy atom. The lowest BCUT2D eigenvalue weighted by Crippen LogP contribution is -2.24. The molecule has 0 aliphatic rings. The van der Waals surface area contributed by atoms with Crippen LogP contribution in [-0.2, 0) is 0 Å². The second-order valence-corrected chi connectivity index (χ2v) is 3.95. The maximum atomic E-state index is 9.12. The number of aliphatic hydroxyl groups excluding tert-OH is 1. The van der Waals surface area contributed by atoms with Gasteiger partial charge in [0.25, 0.3) is 0 Å². The van der Waals surface area contributed by atoms with Gasteiger partial charge in [-0.3, -0.25) is 0 Å². The quantitative estimate of drug-likeness (QED) is 0.759. The first kappa shape index (κ1) is 13.7. The van der Waals surface area contributed by atoms with Crippen molar-refractivity contribution in [1.82, 2.24) is 9.97 Å². The van der Waals surface area contributed by atoms with Crippen LogP contribution in [0.1, 0.15) is 32.4 Å². The van der Waals surface area contributed by atoms with Gasteiger partial charge in [0.2, 0.25) is 11.8 Å². The normalized spacial score (nSPS) is 12.2. The minimum Gasteiger partial charge on any atom is -0.478 e. The van der Waals surface area contributed by atoms with Crippen LogP contribution in [0.15, 0.2) is 6.07 Å². The Hall–Kier alpha value is -1.36. The summed E-state index contributed by atoms with van der Waals surface area (Å²) in [5, 5.41) is 12.2. The number of aliphatic hydroxyl groups is 1. The Kier molecular flexibility index (Phi) is 5.69. The van der Waals surface area contributed by atoms with E-state index in [0.717, 1.165) is 18.5 Å². The molecule has 5 heteroatoms. The minimum atomic E-state index is -0.0178. The third-order valence-electron chi connectivity index (χ3n) is 2.33. The number of aryl methyl sites for hydroxylation is 1. The molecule has 1 unspecified atom stereocenters. The summed E-state index contributed by atoms with van der Waals surface area (Å²) < 4.78 is 5.47. The standard InChI is InChI=1S/C12H21N3O2/c1-4-6-17-11-7-9(3)13-12(15-11)14-10(5-2)8-16/h7,10,16H,4-6,8H2,1-3H3,(H,13,14,15).